The fourth-order valence-electron chi connectivity index (χ4n) is 3.13. The Bertz CT molecular complexity index is 890. The van der Waals surface area contributed by atoms with E-state index in [4.69, 9.17) is 0 Å². The van der Waals surface area contributed by atoms with Crippen LogP contribution in [0.25, 0.3) is 0 Å². The van der Waals surface area contributed by atoms with Gasteiger partial charge in [0.15, 0.2) is 0 Å². The molecule has 3 aromatic carbocycles. The van der Waals surface area contributed by atoms with E-state index in [-0.39, 0.29) is 11.9 Å². The van der Waals surface area contributed by atoms with Crippen molar-refractivity contribution in [3.05, 3.63) is 101 Å². The van der Waals surface area contributed by atoms with Crippen molar-refractivity contribution in [2.75, 3.05) is 5.32 Å². The van der Waals surface area contributed by atoms with Gasteiger partial charge in [-0.1, -0.05) is 67.6 Å². The second-order valence-corrected chi connectivity index (χ2v) is 6.67. The van der Waals surface area contributed by atoms with E-state index in [9.17, 15) is 4.79 Å². The van der Waals surface area contributed by atoms with Crippen molar-refractivity contribution in [2.24, 2.45) is 0 Å². The van der Waals surface area contributed by atoms with E-state index >= 15 is 0 Å². The molecular weight excluding hydrogens is 332 g/mol. The van der Waals surface area contributed by atoms with Gasteiger partial charge in [0.1, 0.15) is 0 Å². The minimum Gasteiger partial charge on any atom is -0.381 e. The van der Waals surface area contributed by atoms with Gasteiger partial charge in [-0.25, -0.2) is 0 Å². The van der Waals surface area contributed by atoms with Gasteiger partial charge in [0.05, 0.1) is 6.04 Å². The number of amides is 1. The fraction of sp³-hybridized carbons (Fsp3) is 0.208. The molecule has 0 heterocycles. The molecule has 0 aromatic heterocycles. The van der Waals surface area contributed by atoms with Gasteiger partial charge in [-0.3, -0.25) is 4.79 Å². The van der Waals surface area contributed by atoms with Crippen molar-refractivity contribution in [1.82, 2.24) is 5.32 Å². The van der Waals surface area contributed by atoms with Crippen molar-refractivity contribution in [1.29, 1.82) is 0 Å². The number of carbonyl (C=O) groups is 1. The van der Waals surface area contributed by atoms with Crippen molar-refractivity contribution in [3.63, 3.8) is 0 Å². The Balaban J connectivity index is 1.65. The number of rotatable bonds is 7. The number of aryl methyl sites for hydroxylation is 1. The van der Waals surface area contributed by atoms with Crippen molar-refractivity contribution >= 4 is 11.6 Å². The first-order chi connectivity index (χ1) is 13.2. The SMILES string of the molecule is CCc1ccccc1NCc1cccc(C(=O)NC(C)c2ccccc2)c1. The minimum absolute atomic E-state index is 0.0306. The number of hydrogen-bond acceptors (Lipinski definition) is 2. The Kier molecular flexibility index (Phi) is 6.26. The molecule has 0 aliphatic heterocycles. The first kappa shape index (κ1) is 18.7. The predicted octanol–water partition coefficient (Wildman–Crippen LogP) is 5.35. The summed E-state index contributed by atoms with van der Waals surface area (Å²) < 4.78 is 0. The molecule has 1 amide bonds. The molecule has 0 bridgehead atoms. The highest BCUT2D eigenvalue weighted by Crippen LogP contribution is 2.17. The molecule has 27 heavy (non-hydrogen) atoms. The number of para-hydroxylation sites is 1. The van der Waals surface area contributed by atoms with Crippen LogP contribution in [0.3, 0.4) is 0 Å². The molecule has 0 fully saturated rings. The third kappa shape index (κ3) is 4.98. The Morgan fingerprint density at radius 1 is 0.926 bits per heavy atom. The van der Waals surface area contributed by atoms with E-state index in [2.05, 4.69) is 35.8 Å². The van der Waals surface area contributed by atoms with Crippen LogP contribution in [0.1, 0.15) is 46.9 Å². The van der Waals surface area contributed by atoms with E-state index in [0.29, 0.717) is 12.1 Å². The smallest absolute Gasteiger partial charge is 0.251 e. The average molecular weight is 358 g/mol. The van der Waals surface area contributed by atoms with Gasteiger partial charge in [-0.2, -0.15) is 0 Å². The van der Waals surface area contributed by atoms with Crippen molar-refractivity contribution < 1.29 is 4.79 Å². The first-order valence-corrected chi connectivity index (χ1v) is 9.44. The maximum Gasteiger partial charge on any atom is 0.251 e. The number of hydrogen-bond donors (Lipinski definition) is 2. The monoisotopic (exact) mass is 358 g/mol. The molecule has 0 spiro atoms. The molecule has 3 nitrogen and oxygen atoms in total. The third-order valence-corrected chi connectivity index (χ3v) is 4.72. The van der Waals surface area contributed by atoms with Crippen molar-refractivity contribution in [3.8, 4) is 0 Å². The predicted molar refractivity (Wildman–Crippen MR) is 112 cm³/mol. The fourth-order valence-corrected chi connectivity index (χ4v) is 3.13. The molecular formula is C24H26N2O. The molecule has 0 radical (unpaired) electrons. The third-order valence-electron chi connectivity index (χ3n) is 4.72. The molecule has 2 N–H and O–H groups in total. The number of nitrogens with one attached hydrogen (secondary N) is 2. The van der Waals surface area contributed by atoms with Crippen LogP contribution in [-0.2, 0) is 13.0 Å². The van der Waals surface area contributed by atoms with Crippen LogP contribution < -0.4 is 10.6 Å². The molecule has 3 rings (SSSR count). The Hall–Kier alpha value is -3.07. The summed E-state index contributed by atoms with van der Waals surface area (Å²) in [5.74, 6) is -0.0536. The standard InChI is InChI=1S/C24H26N2O/c1-3-20-11-7-8-15-23(20)25-17-19-10-9-14-22(16-19)24(27)26-18(2)21-12-5-4-6-13-21/h4-16,18,25H,3,17H2,1-2H3,(H,26,27). The van der Waals surface area contributed by atoms with Crippen LogP contribution in [0.5, 0.6) is 0 Å². The number of benzene rings is 3. The second-order valence-electron chi connectivity index (χ2n) is 6.67. The lowest BCUT2D eigenvalue weighted by atomic mass is 10.1. The highest BCUT2D eigenvalue weighted by molar-refractivity contribution is 5.94. The zero-order valence-electron chi connectivity index (χ0n) is 15.9. The van der Waals surface area contributed by atoms with Gasteiger partial charge in [-0.05, 0) is 48.2 Å². The van der Waals surface area contributed by atoms with Gasteiger partial charge < -0.3 is 10.6 Å². The van der Waals surface area contributed by atoms with Crippen molar-refractivity contribution in [2.45, 2.75) is 32.9 Å². The zero-order chi connectivity index (χ0) is 19.1. The highest BCUT2D eigenvalue weighted by Gasteiger charge is 2.11. The van der Waals surface area contributed by atoms with E-state index < -0.39 is 0 Å². The second kappa shape index (κ2) is 9.04. The topological polar surface area (TPSA) is 41.1 Å². The van der Waals surface area contributed by atoms with Crippen LogP contribution in [0.2, 0.25) is 0 Å². The highest BCUT2D eigenvalue weighted by atomic mass is 16.1. The van der Waals surface area contributed by atoms with Crippen LogP contribution in [0.15, 0.2) is 78.9 Å². The molecule has 1 unspecified atom stereocenters. The lowest BCUT2D eigenvalue weighted by Crippen LogP contribution is -2.26. The molecule has 3 aromatic rings. The Labute approximate surface area is 161 Å². The van der Waals surface area contributed by atoms with Crippen LogP contribution in [-0.4, -0.2) is 5.91 Å². The maximum absolute atomic E-state index is 12.6. The summed E-state index contributed by atoms with van der Waals surface area (Å²) in [5, 5.41) is 6.55. The Morgan fingerprint density at radius 3 is 2.44 bits per heavy atom. The van der Waals surface area contributed by atoms with E-state index in [1.54, 1.807) is 0 Å². The quantitative estimate of drug-likeness (QED) is 0.597. The molecule has 0 aliphatic rings. The largest absolute Gasteiger partial charge is 0.381 e. The van der Waals surface area contributed by atoms with Crippen LogP contribution in [0.4, 0.5) is 5.69 Å². The average Bonchev–Trinajstić information content (AvgIpc) is 2.73. The van der Waals surface area contributed by atoms with Gasteiger partial charge in [-0.15, -0.1) is 0 Å². The molecule has 138 valence electrons. The lowest BCUT2D eigenvalue weighted by molar-refractivity contribution is 0.0940. The molecule has 1 atom stereocenters. The van der Waals surface area contributed by atoms with Gasteiger partial charge in [0.2, 0.25) is 0 Å². The summed E-state index contributed by atoms with van der Waals surface area (Å²) in [5.41, 5.74) is 5.30. The van der Waals surface area contributed by atoms with E-state index in [0.717, 1.165) is 23.2 Å². The van der Waals surface area contributed by atoms with Crippen LogP contribution in [0, 0.1) is 0 Å². The van der Waals surface area contributed by atoms with Gasteiger partial charge >= 0.3 is 0 Å². The number of anilines is 1. The summed E-state index contributed by atoms with van der Waals surface area (Å²) in [6.45, 7) is 4.84. The zero-order valence-corrected chi connectivity index (χ0v) is 15.9. The Morgan fingerprint density at radius 2 is 1.67 bits per heavy atom. The lowest BCUT2D eigenvalue weighted by Gasteiger charge is -2.15. The normalized spacial score (nSPS) is 11.6. The summed E-state index contributed by atoms with van der Waals surface area (Å²) in [6, 6.07) is 26.1. The van der Waals surface area contributed by atoms with Gasteiger partial charge in [0, 0.05) is 17.8 Å². The van der Waals surface area contributed by atoms with Crippen LogP contribution >= 0.6 is 0 Å². The van der Waals surface area contributed by atoms with E-state index in [1.807, 2.05) is 67.6 Å². The molecule has 3 heteroatoms. The summed E-state index contributed by atoms with van der Waals surface area (Å²) in [6.07, 6.45) is 0.989. The summed E-state index contributed by atoms with van der Waals surface area (Å²) in [4.78, 5) is 12.6. The molecule has 0 saturated carbocycles. The van der Waals surface area contributed by atoms with E-state index in [1.165, 1.54) is 5.56 Å². The minimum atomic E-state index is -0.0536. The molecule has 0 saturated heterocycles. The van der Waals surface area contributed by atoms with Gasteiger partial charge in [0.25, 0.3) is 5.91 Å². The summed E-state index contributed by atoms with van der Waals surface area (Å²) >= 11 is 0. The summed E-state index contributed by atoms with van der Waals surface area (Å²) in [7, 11) is 0. The first-order valence-electron chi connectivity index (χ1n) is 9.44. The molecule has 0 aliphatic carbocycles. The maximum atomic E-state index is 12.6. The number of carbonyl (C=O) groups excluding carboxylic acids is 1.